The third-order valence-corrected chi connectivity index (χ3v) is 8.66. The quantitative estimate of drug-likeness (QED) is 0.246. The minimum atomic E-state index is -0.537. The van der Waals surface area contributed by atoms with Crippen molar-refractivity contribution in [3.05, 3.63) is 24.3 Å². The zero-order valence-electron chi connectivity index (χ0n) is 23.3. The number of carbonyl (C=O) groups is 4. The molecule has 0 bridgehead atoms. The van der Waals surface area contributed by atoms with Crippen molar-refractivity contribution < 1.29 is 38.1 Å². The van der Waals surface area contributed by atoms with Crippen LogP contribution in [0.3, 0.4) is 0 Å². The first-order chi connectivity index (χ1) is 18.6. The summed E-state index contributed by atoms with van der Waals surface area (Å²) in [5.74, 6) is -0.641. The zero-order valence-corrected chi connectivity index (χ0v) is 23.3. The number of fused-ring (bicyclic) bond motifs is 1. The summed E-state index contributed by atoms with van der Waals surface area (Å²) in [6.07, 6.45) is 4.57. The number of carbonyl (C=O) groups excluding carboxylic acids is 4. The van der Waals surface area contributed by atoms with Gasteiger partial charge in [0.2, 0.25) is 0 Å². The van der Waals surface area contributed by atoms with Crippen molar-refractivity contribution in [1.82, 2.24) is 10.6 Å². The van der Waals surface area contributed by atoms with Gasteiger partial charge in [-0.05, 0) is 77.6 Å². The lowest BCUT2D eigenvalue weighted by Gasteiger charge is -2.37. The van der Waals surface area contributed by atoms with Crippen molar-refractivity contribution in [2.24, 2.45) is 11.8 Å². The number of rotatable bonds is 9. The molecule has 2 amide bonds. The maximum Gasteiger partial charge on any atom is 0.407 e. The molecule has 0 spiro atoms. The summed E-state index contributed by atoms with van der Waals surface area (Å²) in [5.41, 5.74) is 0.215. The molecule has 4 rings (SSSR count). The Kier molecular flexibility index (Phi) is 8.91. The predicted molar refractivity (Wildman–Crippen MR) is 142 cm³/mol. The van der Waals surface area contributed by atoms with Crippen LogP contribution in [-0.2, 0) is 28.5 Å². The molecule has 4 fully saturated rings. The molecule has 4 saturated carbocycles. The monoisotopic (exact) mass is 546 g/mol. The van der Waals surface area contributed by atoms with E-state index in [9.17, 15) is 19.2 Å². The summed E-state index contributed by atoms with van der Waals surface area (Å²) < 4.78 is 22.4. The molecule has 0 aromatic carbocycles. The molecular weight excluding hydrogens is 504 g/mol. The molecule has 4 aliphatic rings. The average molecular weight is 547 g/mol. The van der Waals surface area contributed by atoms with Gasteiger partial charge in [-0.2, -0.15) is 0 Å². The van der Waals surface area contributed by atoms with Crippen molar-refractivity contribution in [2.75, 3.05) is 0 Å². The summed E-state index contributed by atoms with van der Waals surface area (Å²) >= 11 is 0. The van der Waals surface area contributed by atoms with Gasteiger partial charge in [0.25, 0.3) is 0 Å². The second kappa shape index (κ2) is 12.0. The first-order valence-electron chi connectivity index (χ1n) is 14.2. The van der Waals surface area contributed by atoms with E-state index >= 15 is 0 Å². The molecule has 0 aromatic rings. The van der Waals surface area contributed by atoms with Crippen molar-refractivity contribution in [1.29, 1.82) is 0 Å². The molecule has 0 aliphatic heterocycles. The maximum absolute atomic E-state index is 12.9. The fourth-order valence-electron chi connectivity index (χ4n) is 6.61. The van der Waals surface area contributed by atoms with E-state index in [0.717, 1.165) is 32.1 Å². The van der Waals surface area contributed by atoms with E-state index in [1.807, 2.05) is 0 Å². The fraction of sp³-hybridized carbons (Fsp3) is 0.724. The summed E-state index contributed by atoms with van der Waals surface area (Å²) in [6, 6.07) is -0.123. The first-order valence-corrected chi connectivity index (χ1v) is 14.2. The highest BCUT2D eigenvalue weighted by Gasteiger charge is 2.76. The Morgan fingerprint density at radius 1 is 0.744 bits per heavy atom. The molecule has 0 aromatic heterocycles. The van der Waals surface area contributed by atoms with Gasteiger partial charge in [0, 0.05) is 23.1 Å². The van der Waals surface area contributed by atoms with E-state index in [4.69, 9.17) is 18.9 Å². The van der Waals surface area contributed by atoms with Crippen LogP contribution in [0.25, 0.3) is 0 Å². The molecule has 8 atom stereocenters. The zero-order chi connectivity index (χ0) is 28.3. The molecule has 39 heavy (non-hydrogen) atoms. The summed E-state index contributed by atoms with van der Waals surface area (Å²) in [5, 5.41) is 6.02. The molecule has 4 aliphatic carbocycles. The van der Waals surface area contributed by atoms with Crippen LogP contribution in [-0.4, -0.2) is 60.1 Å². The van der Waals surface area contributed by atoms with Crippen LogP contribution < -0.4 is 10.6 Å². The molecular formula is C29H42N2O8. The van der Waals surface area contributed by atoms with Crippen LogP contribution in [0.2, 0.25) is 0 Å². The van der Waals surface area contributed by atoms with Crippen LogP contribution in [0.5, 0.6) is 0 Å². The van der Waals surface area contributed by atoms with Gasteiger partial charge in [-0.25, -0.2) is 19.2 Å². The Bertz CT molecular complexity index is 1010. The highest BCUT2D eigenvalue weighted by molar-refractivity contribution is 5.87. The lowest BCUT2D eigenvalue weighted by molar-refractivity contribution is -0.153. The molecule has 10 nitrogen and oxygen atoms in total. The van der Waals surface area contributed by atoms with Crippen molar-refractivity contribution in [3.8, 4) is 0 Å². The Labute approximate surface area is 230 Å². The SMILES string of the molecule is C=C(C)C(=O)OC1CCCCC1OC(=O)NC1CC2(NC(=O)OC3CCCCC3OC(=O)C(=C)C)C(CC)C12. The van der Waals surface area contributed by atoms with Crippen LogP contribution in [0.4, 0.5) is 9.59 Å². The van der Waals surface area contributed by atoms with Crippen molar-refractivity contribution in [2.45, 2.75) is 121 Å². The van der Waals surface area contributed by atoms with Crippen molar-refractivity contribution in [3.63, 3.8) is 0 Å². The summed E-state index contributed by atoms with van der Waals surface area (Å²) in [7, 11) is 0. The van der Waals surface area contributed by atoms with E-state index in [-0.39, 0.29) is 17.9 Å². The van der Waals surface area contributed by atoms with E-state index in [2.05, 4.69) is 30.7 Å². The molecule has 216 valence electrons. The van der Waals surface area contributed by atoms with E-state index < -0.39 is 54.1 Å². The number of alkyl carbamates (subject to hydrolysis) is 2. The maximum atomic E-state index is 12.9. The van der Waals surface area contributed by atoms with Crippen molar-refractivity contribution >= 4 is 24.1 Å². The van der Waals surface area contributed by atoms with Gasteiger partial charge in [0.1, 0.15) is 24.4 Å². The third kappa shape index (κ3) is 6.41. The van der Waals surface area contributed by atoms with E-state index in [1.165, 1.54) is 0 Å². The number of esters is 2. The van der Waals surface area contributed by atoms with Gasteiger partial charge < -0.3 is 29.6 Å². The normalized spacial score (nSPS) is 34.7. The smallest absolute Gasteiger partial charge is 0.407 e. The van der Waals surface area contributed by atoms with Crippen LogP contribution in [0, 0.1) is 11.8 Å². The minimum absolute atomic E-state index is 0.0920. The van der Waals surface area contributed by atoms with Gasteiger partial charge >= 0.3 is 24.1 Å². The average Bonchev–Trinajstić information content (AvgIpc) is 3.40. The summed E-state index contributed by atoms with van der Waals surface area (Å²) in [6.45, 7) is 12.5. The number of hydrogen-bond donors (Lipinski definition) is 2. The van der Waals surface area contributed by atoms with E-state index in [1.54, 1.807) is 13.8 Å². The highest BCUT2D eigenvalue weighted by Crippen LogP contribution is 2.66. The topological polar surface area (TPSA) is 129 Å². The number of ether oxygens (including phenoxy) is 4. The number of hydrogen-bond acceptors (Lipinski definition) is 8. The minimum Gasteiger partial charge on any atom is -0.455 e. The first kappa shape index (κ1) is 29.0. The standard InChI is InChI=1S/C29H42N2O8/c1-6-18-24-19(30-27(34)38-22-13-9-7-11-20(22)36-25(32)16(2)3)15-29(18,24)31-28(35)39-23-14-10-8-12-21(23)37-26(33)17(4)5/h18-24H,2,4,6-15H2,1,3,5H3,(H,30,34)(H,31,35). The second-order valence-corrected chi connectivity index (χ2v) is 11.6. The largest absolute Gasteiger partial charge is 0.455 e. The second-order valence-electron chi connectivity index (χ2n) is 11.6. The van der Waals surface area contributed by atoms with Gasteiger partial charge in [-0.15, -0.1) is 0 Å². The fourth-order valence-corrected chi connectivity index (χ4v) is 6.61. The molecule has 2 N–H and O–H groups in total. The van der Waals surface area contributed by atoms with Gasteiger partial charge in [0.05, 0.1) is 5.54 Å². The number of nitrogens with one attached hydrogen (secondary N) is 2. The van der Waals surface area contributed by atoms with Gasteiger partial charge in [0.15, 0.2) is 0 Å². The lowest BCUT2D eigenvalue weighted by Crippen LogP contribution is -2.57. The Balaban J connectivity index is 1.27. The van der Waals surface area contributed by atoms with Gasteiger partial charge in [-0.1, -0.05) is 26.5 Å². The molecule has 10 heteroatoms. The Hall–Kier alpha value is -3.04. The van der Waals surface area contributed by atoms with Gasteiger partial charge in [-0.3, -0.25) is 0 Å². The van der Waals surface area contributed by atoms with Crippen LogP contribution in [0.1, 0.15) is 85.0 Å². The van der Waals surface area contributed by atoms with Crippen LogP contribution in [0.15, 0.2) is 24.3 Å². The molecule has 0 radical (unpaired) electrons. The van der Waals surface area contributed by atoms with E-state index in [0.29, 0.717) is 43.3 Å². The predicted octanol–water partition coefficient (Wildman–Crippen LogP) is 4.47. The lowest BCUT2D eigenvalue weighted by atomic mass is 9.87. The highest BCUT2D eigenvalue weighted by atomic mass is 16.6. The Morgan fingerprint density at radius 2 is 1.18 bits per heavy atom. The third-order valence-electron chi connectivity index (χ3n) is 8.66. The molecule has 0 heterocycles. The summed E-state index contributed by atoms with van der Waals surface area (Å²) in [4.78, 5) is 49.6. The Morgan fingerprint density at radius 3 is 1.62 bits per heavy atom. The molecule has 0 saturated heterocycles. The number of amides is 2. The molecule has 8 unspecified atom stereocenters. The van der Waals surface area contributed by atoms with Crippen LogP contribution >= 0.6 is 0 Å².